The maximum Gasteiger partial charge on any atom is 0.365 e. The quantitative estimate of drug-likeness (QED) is 0.218. The molecule has 0 aliphatic rings. The predicted octanol–water partition coefficient (Wildman–Crippen LogP) is 4.71. The van der Waals surface area contributed by atoms with E-state index >= 15 is 0 Å². The van der Waals surface area contributed by atoms with Crippen LogP contribution in [0.1, 0.15) is 17.8 Å². The van der Waals surface area contributed by atoms with E-state index in [0.29, 0.717) is 4.68 Å². The zero-order chi connectivity index (χ0) is 26.2. The number of carbonyl (C=O) groups excluding carboxylic acids is 1. The molecule has 0 aliphatic heterocycles. The molecule has 0 atom stereocenters. The SMILES string of the molecule is C.C[Si](C)(C)C.O=C(Cl)c1cc([N+](=O)[O-])ccc1F.O=c1[nH]nnn1-c1cc([N+](=O)[O-])ccc1F. The fourth-order valence-corrected chi connectivity index (χ4v) is 2.05. The third kappa shape index (κ3) is 10.3. The molecule has 0 saturated carbocycles. The van der Waals surface area contributed by atoms with Crippen LogP contribution in [0, 0.1) is 31.9 Å². The number of aromatic nitrogens is 4. The highest BCUT2D eigenvalue weighted by Crippen LogP contribution is 2.19. The number of halogens is 3. The Labute approximate surface area is 203 Å². The molecule has 35 heavy (non-hydrogen) atoms. The topological polar surface area (TPSA) is 167 Å². The summed E-state index contributed by atoms with van der Waals surface area (Å²) < 4.78 is 26.7. The molecule has 16 heteroatoms. The lowest BCUT2D eigenvalue weighted by molar-refractivity contribution is -0.385. The molecule has 0 bridgehead atoms. The summed E-state index contributed by atoms with van der Waals surface area (Å²) in [5.41, 5.74) is -2.31. The number of non-ortho nitro benzene ring substituents is 2. The van der Waals surface area contributed by atoms with Crippen molar-refractivity contribution in [1.82, 2.24) is 20.2 Å². The predicted molar refractivity (Wildman–Crippen MR) is 128 cm³/mol. The van der Waals surface area contributed by atoms with Crippen LogP contribution in [0.2, 0.25) is 26.2 Å². The molecule has 1 aromatic heterocycles. The molecule has 0 aliphatic carbocycles. The van der Waals surface area contributed by atoms with Crippen LogP contribution in [0.5, 0.6) is 0 Å². The Kier molecular flexibility index (Phi) is 11.7. The minimum Gasteiger partial charge on any atom is -0.275 e. The summed E-state index contributed by atoms with van der Waals surface area (Å²) in [7, 11) is -0.611. The standard InChI is InChI=1S/C7H3ClFNO3.C7H4FN5O3.C4H12Si.CH4/c8-7(11)5-3-4(10(12)13)1-2-6(5)9;8-5-2-1-4(13(15)16)3-6(5)12-7(14)9-10-11-12;1-5(2,3)4;/h1-3H;1-3H,(H,9,11,14);1-4H3;1H4. The van der Waals surface area contributed by atoms with Crippen molar-refractivity contribution in [2.75, 3.05) is 0 Å². The first kappa shape index (κ1) is 31.1. The van der Waals surface area contributed by atoms with Crippen molar-refractivity contribution < 1.29 is 23.4 Å². The third-order valence-corrected chi connectivity index (χ3v) is 3.42. The van der Waals surface area contributed by atoms with Gasteiger partial charge in [-0.1, -0.05) is 33.6 Å². The average Bonchev–Trinajstić information content (AvgIpc) is 3.13. The molecule has 0 unspecified atom stereocenters. The maximum absolute atomic E-state index is 13.3. The lowest BCUT2D eigenvalue weighted by atomic mass is 10.2. The van der Waals surface area contributed by atoms with Crippen LogP contribution >= 0.6 is 11.6 Å². The zero-order valence-electron chi connectivity index (χ0n) is 18.3. The normalized spacial score (nSPS) is 10.0. The lowest BCUT2D eigenvalue weighted by Gasteiger charge is -2.01. The Balaban J connectivity index is 0.000000550. The second kappa shape index (κ2) is 13.1. The number of hydrogen-bond acceptors (Lipinski definition) is 8. The van der Waals surface area contributed by atoms with Gasteiger partial charge in [-0.15, -0.1) is 0 Å². The van der Waals surface area contributed by atoms with Crippen molar-refractivity contribution in [3.8, 4) is 5.69 Å². The molecule has 1 N–H and O–H groups in total. The lowest BCUT2D eigenvalue weighted by Crippen LogP contribution is -2.17. The molecule has 190 valence electrons. The van der Waals surface area contributed by atoms with E-state index in [2.05, 4.69) is 36.6 Å². The molecule has 12 nitrogen and oxygen atoms in total. The van der Waals surface area contributed by atoms with Gasteiger partial charge >= 0.3 is 5.69 Å². The molecular weight excluding hydrogens is 510 g/mol. The average molecular weight is 533 g/mol. The highest BCUT2D eigenvalue weighted by atomic mass is 35.5. The number of benzene rings is 2. The summed E-state index contributed by atoms with van der Waals surface area (Å²) in [5, 5.41) is 28.0. The number of rotatable bonds is 4. The van der Waals surface area contributed by atoms with Gasteiger partial charge in [-0.25, -0.2) is 18.7 Å². The number of hydrogen-bond donors (Lipinski definition) is 1. The van der Waals surface area contributed by atoms with Crippen molar-refractivity contribution in [3.05, 3.63) is 84.3 Å². The number of carbonyl (C=O) groups is 1. The van der Waals surface area contributed by atoms with Gasteiger partial charge in [0.15, 0.2) is 0 Å². The van der Waals surface area contributed by atoms with Crippen LogP contribution in [0.25, 0.3) is 5.69 Å². The van der Waals surface area contributed by atoms with E-state index in [9.17, 15) is 38.6 Å². The van der Waals surface area contributed by atoms with E-state index in [4.69, 9.17) is 11.6 Å². The smallest absolute Gasteiger partial charge is 0.275 e. The summed E-state index contributed by atoms with van der Waals surface area (Å²) in [4.78, 5) is 40.9. The number of nitrogens with zero attached hydrogens (tertiary/aromatic N) is 5. The monoisotopic (exact) mass is 532 g/mol. The highest BCUT2D eigenvalue weighted by Gasteiger charge is 2.15. The van der Waals surface area contributed by atoms with Gasteiger partial charge in [-0.05, 0) is 34.2 Å². The molecule has 0 saturated heterocycles. The van der Waals surface area contributed by atoms with Crippen molar-refractivity contribution in [3.63, 3.8) is 0 Å². The fraction of sp³-hybridized carbons (Fsp3) is 0.263. The van der Waals surface area contributed by atoms with Crippen LogP contribution < -0.4 is 5.69 Å². The molecule has 3 aromatic rings. The van der Waals surface area contributed by atoms with Crippen molar-refractivity contribution in [1.29, 1.82) is 0 Å². The first-order chi connectivity index (χ1) is 15.6. The van der Waals surface area contributed by atoms with Crippen LogP contribution in [0.15, 0.2) is 41.2 Å². The van der Waals surface area contributed by atoms with E-state index in [1.807, 2.05) is 5.10 Å². The van der Waals surface area contributed by atoms with Crippen LogP contribution in [-0.2, 0) is 0 Å². The molecule has 3 rings (SSSR count). The van der Waals surface area contributed by atoms with Crippen LogP contribution in [0.3, 0.4) is 0 Å². The third-order valence-electron chi connectivity index (χ3n) is 3.21. The molecule has 0 amide bonds. The van der Waals surface area contributed by atoms with Crippen LogP contribution in [0.4, 0.5) is 20.2 Å². The van der Waals surface area contributed by atoms with Crippen molar-refractivity contribution in [2.45, 2.75) is 33.6 Å². The highest BCUT2D eigenvalue weighted by molar-refractivity contribution is 6.74. The number of H-pyrrole nitrogens is 1. The molecule has 0 radical (unpaired) electrons. The number of tetrazole rings is 1. The Morgan fingerprint density at radius 2 is 1.46 bits per heavy atom. The Hall–Kier alpha value is -3.85. The van der Waals surface area contributed by atoms with Gasteiger partial charge in [-0.2, -0.15) is 4.68 Å². The first-order valence-corrected chi connectivity index (χ1v) is 13.6. The summed E-state index contributed by atoms with van der Waals surface area (Å²) in [6, 6.07) is 5.36. The van der Waals surface area contributed by atoms with E-state index in [-0.39, 0.29) is 24.5 Å². The maximum atomic E-state index is 13.3. The minimum absolute atomic E-state index is 0. The van der Waals surface area contributed by atoms with Crippen LogP contribution in [-0.4, -0.2) is 43.4 Å². The first-order valence-electron chi connectivity index (χ1n) is 9.20. The van der Waals surface area contributed by atoms with Gasteiger partial charge < -0.3 is 0 Å². The second-order valence-corrected chi connectivity index (χ2v) is 14.3. The van der Waals surface area contributed by atoms with Gasteiger partial charge in [0, 0.05) is 32.3 Å². The number of nitro benzene ring substituents is 2. The van der Waals surface area contributed by atoms with Gasteiger partial charge in [-0.3, -0.25) is 25.0 Å². The summed E-state index contributed by atoms with van der Waals surface area (Å²) in [5.74, 6) is -1.67. The summed E-state index contributed by atoms with van der Waals surface area (Å²) >= 11 is 4.98. The molecule has 0 spiro atoms. The number of nitro groups is 2. The number of aromatic amines is 1. The van der Waals surface area contributed by atoms with Crippen molar-refractivity contribution in [2.24, 2.45) is 0 Å². The fourth-order valence-electron chi connectivity index (χ4n) is 1.91. The van der Waals surface area contributed by atoms with Gasteiger partial charge in [0.2, 0.25) is 0 Å². The zero-order valence-corrected chi connectivity index (χ0v) is 20.0. The summed E-state index contributed by atoms with van der Waals surface area (Å²) in [6.07, 6.45) is 0. The second-order valence-electron chi connectivity index (χ2n) is 8.01. The van der Waals surface area contributed by atoms with Gasteiger partial charge in [0.1, 0.15) is 17.3 Å². The minimum atomic E-state index is -1.05. The molecule has 0 fully saturated rings. The van der Waals surface area contributed by atoms with E-state index in [1.54, 1.807) is 0 Å². The van der Waals surface area contributed by atoms with Gasteiger partial charge in [0.05, 0.1) is 15.4 Å². The summed E-state index contributed by atoms with van der Waals surface area (Å²) in [6.45, 7) is 9.31. The van der Waals surface area contributed by atoms with Crippen molar-refractivity contribution >= 4 is 36.3 Å². The Morgan fingerprint density at radius 3 is 1.86 bits per heavy atom. The largest absolute Gasteiger partial charge is 0.365 e. The molecular formula is C19H23ClF2N6O6Si. The van der Waals surface area contributed by atoms with E-state index in [1.165, 1.54) is 0 Å². The molecule has 2 aromatic carbocycles. The van der Waals surface area contributed by atoms with Gasteiger partial charge in [0.25, 0.3) is 16.6 Å². The number of nitrogens with one attached hydrogen (secondary N) is 1. The van der Waals surface area contributed by atoms with E-state index < -0.39 is 46.1 Å². The van der Waals surface area contributed by atoms with E-state index in [0.717, 1.165) is 36.4 Å². The Bertz CT molecular complexity index is 1260. The Morgan fingerprint density at radius 1 is 1.00 bits per heavy atom. The molecule has 1 heterocycles.